The van der Waals surface area contributed by atoms with E-state index in [4.69, 9.17) is 9.47 Å². The molecule has 0 saturated carbocycles. The van der Waals surface area contributed by atoms with Crippen LogP contribution >= 0.6 is 0 Å². The summed E-state index contributed by atoms with van der Waals surface area (Å²) in [6.07, 6.45) is 2.53. The highest BCUT2D eigenvalue weighted by molar-refractivity contribution is 5.24. The van der Waals surface area contributed by atoms with Gasteiger partial charge in [-0.15, -0.1) is 0 Å². The van der Waals surface area contributed by atoms with E-state index in [1.54, 1.807) is 25.6 Å². The summed E-state index contributed by atoms with van der Waals surface area (Å²) in [4.78, 5) is 3.92. The molecule has 0 saturated heterocycles. The lowest BCUT2D eigenvalue weighted by Gasteiger charge is -2.09. The molecule has 0 amide bonds. The number of pyridine rings is 1. The molecule has 1 rings (SSSR count). The maximum atomic E-state index is 9.52. The van der Waals surface area contributed by atoms with Gasteiger partial charge in [0.2, 0.25) is 0 Å². The molecular formula is C9H13NO3. The molecule has 1 N–H and O–H groups in total. The average Bonchev–Trinajstić information content (AvgIpc) is 2.18. The standard InChI is InChI=1S/C9H13NO3/c1-12-6-9(11)7-3-8(13-2)5-10-4-7/h3-5,9,11H,6H2,1-2H3. The Bertz CT molecular complexity index is 265. The first-order valence-electron chi connectivity index (χ1n) is 3.94. The number of ether oxygens (including phenoxy) is 2. The lowest BCUT2D eigenvalue weighted by molar-refractivity contribution is 0.0640. The van der Waals surface area contributed by atoms with E-state index in [2.05, 4.69) is 4.98 Å². The van der Waals surface area contributed by atoms with Crippen LogP contribution in [-0.4, -0.2) is 30.9 Å². The predicted molar refractivity (Wildman–Crippen MR) is 47.6 cm³/mol. The van der Waals surface area contributed by atoms with Crippen LogP contribution in [0.5, 0.6) is 5.75 Å². The average molecular weight is 183 g/mol. The predicted octanol–water partition coefficient (Wildman–Crippen LogP) is 0.770. The maximum absolute atomic E-state index is 9.52. The Morgan fingerprint density at radius 1 is 1.46 bits per heavy atom. The monoisotopic (exact) mass is 183 g/mol. The number of hydrogen-bond donors (Lipinski definition) is 1. The molecule has 1 aromatic heterocycles. The van der Waals surface area contributed by atoms with Gasteiger partial charge in [-0.25, -0.2) is 0 Å². The van der Waals surface area contributed by atoms with Crippen LogP contribution in [0.4, 0.5) is 0 Å². The van der Waals surface area contributed by atoms with Gasteiger partial charge in [-0.3, -0.25) is 4.98 Å². The molecule has 4 heteroatoms. The minimum Gasteiger partial charge on any atom is -0.495 e. The SMILES string of the molecule is COCC(O)c1cncc(OC)c1. The summed E-state index contributed by atoms with van der Waals surface area (Å²) in [5.74, 6) is 0.632. The molecule has 4 nitrogen and oxygen atoms in total. The summed E-state index contributed by atoms with van der Waals surface area (Å²) in [5.41, 5.74) is 0.696. The summed E-state index contributed by atoms with van der Waals surface area (Å²) in [6, 6.07) is 1.73. The normalized spacial score (nSPS) is 12.5. The topological polar surface area (TPSA) is 51.6 Å². The molecule has 1 aromatic rings. The lowest BCUT2D eigenvalue weighted by Crippen LogP contribution is -2.05. The largest absolute Gasteiger partial charge is 0.495 e. The van der Waals surface area contributed by atoms with Crippen molar-refractivity contribution in [3.63, 3.8) is 0 Å². The van der Waals surface area contributed by atoms with Crippen molar-refractivity contribution >= 4 is 0 Å². The first-order chi connectivity index (χ1) is 6.27. The summed E-state index contributed by atoms with van der Waals surface area (Å²) in [5, 5.41) is 9.52. The van der Waals surface area contributed by atoms with Gasteiger partial charge in [0.25, 0.3) is 0 Å². The minimum absolute atomic E-state index is 0.259. The van der Waals surface area contributed by atoms with E-state index >= 15 is 0 Å². The fourth-order valence-electron chi connectivity index (χ4n) is 0.984. The molecule has 1 unspecified atom stereocenters. The molecule has 72 valence electrons. The number of methoxy groups -OCH3 is 2. The Labute approximate surface area is 77.1 Å². The Morgan fingerprint density at radius 2 is 2.23 bits per heavy atom. The van der Waals surface area contributed by atoms with Gasteiger partial charge in [-0.2, -0.15) is 0 Å². The van der Waals surface area contributed by atoms with Crippen molar-refractivity contribution < 1.29 is 14.6 Å². The quantitative estimate of drug-likeness (QED) is 0.749. The van der Waals surface area contributed by atoms with Gasteiger partial charge in [0.05, 0.1) is 19.9 Å². The number of aliphatic hydroxyl groups excluding tert-OH is 1. The van der Waals surface area contributed by atoms with Crippen molar-refractivity contribution in [3.05, 3.63) is 24.0 Å². The number of rotatable bonds is 4. The third-order valence-electron chi connectivity index (χ3n) is 1.68. The van der Waals surface area contributed by atoms with E-state index in [-0.39, 0.29) is 6.61 Å². The zero-order chi connectivity index (χ0) is 9.68. The van der Waals surface area contributed by atoms with E-state index < -0.39 is 6.10 Å². The zero-order valence-electron chi connectivity index (χ0n) is 7.73. The fraction of sp³-hybridized carbons (Fsp3) is 0.444. The number of aromatic nitrogens is 1. The second kappa shape index (κ2) is 4.79. The van der Waals surface area contributed by atoms with Gasteiger partial charge < -0.3 is 14.6 Å². The Morgan fingerprint density at radius 3 is 2.85 bits per heavy atom. The lowest BCUT2D eigenvalue weighted by atomic mass is 10.2. The van der Waals surface area contributed by atoms with E-state index in [0.29, 0.717) is 11.3 Å². The van der Waals surface area contributed by atoms with Crippen LogP contribution in [0.25, 0.3) is 0 Å². The third kappa shape index (κ3) is 2.68. The molecule has 0 aliphatic rings. The highest BCUT2D eigenvalue weighted by Crippen LogP contribution is 2.17. The van der Waals surface area contributed by atoms with Crippen molar-refractivity contribution in [1.82, 2.24) is 4.98 Å². The van der Waals surface area contributed by atoms with Gasteiger partial charge >= 0.3 is 0 Å². The Hall–Kier alpha value is -1.13. The smallest absolute Gasteiger partial charge is 0.137 e. The molecule has 0 fully saturated rings. The molecule has 1 heterocycles. The van der Waals surface area contributed by atoms with Gasteiger partial charge in [0.15, 0.2) is 0 Å². The molecule has 0 aliphatic carbocycles. The summed E-state index contributed by atoms with van der Waals surface area (Å²) in [7, 11) is 3.10. The summed E-state index contributed by atoms with van der Waals surface area (Å²) in [6.45, 7) is 0.259. The summed E-state index contributed by atoms with van der Waals surface area (Å²) < 4.78 is 9.78. The van der Waals surface area contributed by atoms with Crippen molar-refractivity contribution in [3.8, 4) is 5.75 Å². The molecule has 0 bridgehead atoms. The van der Waals surface area contributed by atoms with Crippen molar-refractivity contribution in [2.24, 2.45) is 0 Å². The van der Waals surface area contributed by atoms with Crippen LogP contribution in [0.15, 0.2) is 18.5 Å². The van der Waals surface area contributed by atoms with Gasteiger partial charge in [0, 0.05) is 18.9 Å². The molecule has 0 radical (unpaired) electrons. The fourth-order valence-corrected chi connectivity index (χ4v) is 0.984. The van der Waals surface area contributed by atoms with Crippen LogP contribution in [-0.2, 0) is 4.74 Å². The van der Waals surface area contributed by atoms with Gasteiger partial charge in [-0.1, -0.05) is 0 Å². The highest BCUT2D eigenvalue weighted by Gasteiger charge is 2.07. The van der Waals surface area contributed by atoms with E-state index in [1.807, 2.05) is 0 Å². The first kappa shape index (κ1) is 9.95. The van der Waals surface area contributed by atoms with E-state index in [9.17, 15) is 5.11 Å². The van der Waals surface area contributed by atoms with Crippen molar-refractivity contribution in [1.29, 1.82) is 0 Å². The van der Waals surface area contributed by atoms with Crippen LogP contribution in [0.1, 0.15) is 11.7 Å². The molecule has 0 spiro atoms. The van der Waals surface area contributed by atoms with E-state index in [0.717, 1.165) is 0 Å². The molecular weight excluding hydrogens is 170 g/mol. The van der Waals surface area contributed by atoms with Gasteiger partial charge in [-0.05, 0) is 6.07 Å². The van der Waals surface area contributed by atoms with Crippen LogP contribution in [0, 0.1) is 0 Å². The number of hydrogen-bond acceptors (Lipinski definition) is 4. The Kier molecular flexibility index (Phi) is 3.67. The Balaban J connectivity index is 2.75. The van der Waals surface area contributed by atoms with Crippen molar-refractivity contribution in [2.45, 2.75) is 6.10 Å². The second-order valence-electron chi connectivity index (χ2n) is 2.63. The van der Waals surface area contributed by atoms with Crippen LogP contribution in [0.3, 0.4) is 0 Å². The van der Waals surface area contributed by atoms with E-state index in [1.165, 1.54) is 7.11 Å². The third-order valence-corrected chi connectivity index (χ3v) is 1.68. The summed E-state index contributed by atoms with van der Waals surface area (Å²) >= 11 is 0. The highest BCUT2D eigenvalue weighted by atomic mass is 16.5. The zero-order valence-corrected chi connectivity index (χ0v) is 7.73. The number of aliphatic hydroxyl groups is 1. The minimum atomic E-state index is -0.646. The first-order valence-corrected chi connectivity index (χ1v) is 3.94. The van der Waals surface area contributed by atoms with Gasteiger partial charge in [0.1, 0.15) is 11.9 Å². The molecule has 13 heavy (non-hydrogen) atoms. The molecule has 0 aromatic carbocycles. The maximum Gasteiger partial charge on any atom is 0.137 e. The molecule has 1 atom stereocenters. The number of nitrogens with zero attached hydrogens (tertiary/aromatic N) is 1. The van der Waals surface area contributed by atoms with Crippen molar-refractivity contribution in [2.75, 3.05) is 20.8 Å². The second-order valence-corrected chi connectivity index (χ2v) is 2.63. The van der Waals surface area contributed by atoms with Crippen LogP contribution in [0.2, 0.25) is 0 Å². The van der Waals surface area contributed by atoms with Crippen LogP contribution < -0.4 is 4.74 Å². The molecule has 0 aliphatic heterocycles.